The largest absolute Gasteiger partial charge is 0.381 e. The third-order valence-corrected chi connectivity index (χ3v) is 6.38. The van der Waals surface area contributed by atoms with E-state index >= 15 is 0 Å². The van der Waals surface area contributed by atoms with Crippen LogP contribution in [-0.2, 0) is 13.1 Å². The van der Waals surface area contributed by atoms with E-state index in [4.69, 9.17) is 0 Å². The number of aryl methyl sites for hydroxylation is 1. The van der Waals surface area contributed by atoms with Crippen LogP contribution in [0.1, 0.15) is 61.9 Å². The summed E-state index contributed by atoms with van der Waals surface area (Å²) < 4.78 is 28.5. The van der Waals surface area contributed by atoms with Crippen molar-refractivity contribution < 1.29 is 13.6 Å². The number of aromatic nitrogens is 3. The molecule has 8 heteroatoms. The lowest BCUT2D eigenvalue weighted by Gasteiger charge is -2.29. The molecule has 1 unspecified atom stereocenters. The molecule has 170 valence electrons. The van der Waals surface area contributed by atoms with Gasteiger partial charge in [-0.15, -0.1) is 0 Å². The minimum absolute atomic E-state index is 0.0832. The number of halogens is 2. The summed E-state index contributed by atoms with van der Waals surface area (Å²) in [4.78, 5) is 17.6. The van der Waals surface area contributed by atoms with Crippen LogP contribution in [0.4, 0.5) is 14.5 Å². The molecule has 2 N–H and O–H groups in total. The molecule has 4 rings (SSSR count). The van der Waals surface area contributed by atoms with Crippen LogP contribution >= 0.6 is 0 Å². The Morgan fingerprint density at radius 3 is 2.69 bits per heavy atom. The highest BCUT2D eigenvalue weighted by Crippen LogP contribution is 2.32. The lowest BCUT2D eigenvalue weighted by molar-refractivity contribution is 0.0951. The lowest BCUT2D eigenvalue weighted by atomic mass is 9.84. The van der Waals surface area contributed by atoms with Crippen molar-refractivity contribution in [2.75, 3.05) is 5.32 Å². The van der Waals surface area contributed by atoms with Gasteiger partial charge in [0.2, 0.25) is 0 Å². The molecule has 3 aromatic rings. The van der Waals surface area contributed by atoms with Crippen molar-refractivity contribution in [3.8, 4) is 0 Å². The Hall–Kier alpha value is -3.03. The number of nitrogens with one attached hydrogen (secondary N) is 2. The number of amides is 1. The van der Waals surface area contributed by atoms with Gasteiger partial charge >= 0.3 is 0 Å². The van der Waals surface area contributed by atoms with Gasteiger partial charge in [-0.05, 0) is 50.3 Å². The second-order valence-corrected chi connectivity index (χ2v) is 8.51. The van der Waals surface area contributed by atoms with E-state index in [-0.39, 0.29) is 18.5 Å². The molecule has 1 atom stereocenters. The Morgan fingerprint density at radius 2 is 1.97 bits per heavy atom. The van der Waals surface area contributed by atoms with E-state index in [0.717, 1.165) is 28.9 Å². The average molecular weight is 442 g/mol. The van der Waals surface area contributed by atoms with E-state index in [1.54, 1.807) is 17.1 Å². The Bertz CT molecular complexity index is 1110. The van der Waals surface area contributed by atoms with E-state index < -0.39 is 11.6 Å². The van der Waals surface area contributed by atoms with Crippen LogP contribution in [0.3, 0.4) is 0 Å². The normalized spacial score (nSPS) is 15.6. The monoisotopic (exact) mass is 441 g/mol. The third-order valence-electron chi connectivity index (χ3n) is 6.38. The van der Waals surface area contributed by atoms with Crippen LogP contribution in [0, 0.1) is 17.6 Å². The van der Waals surface area contributed by atoms with Crippen LogP contribution in [0.2, 0.25) is 0 Å². The van der Waals surface area contributed by atoms with Crippen molar-refractivity contribution in [3.05, 3.63) is 53.4 Å². The Balaban J connectivity index is 1.61. The Kier molecular flexibility index (Phi) is 6.67. The number of hydrogen-bond donors (Lipinski definition) is 2. The zero-order valence-corrected chi connectivity index (χ0v) is 18.5. The molecule has 0 spiro atoms. The highest BCUT2D eigenvalue weighted by Gasteiger charge is 2.24. The van der Waals surface area contributed by atoms with Gasteiger partial charge < -0.3 is 10.6 Å². The number of rotatable bonds is 7. The van der Waals surface area contributed by atoms with Crippen molar-refractivity contribution in [3.63, 3.8) is 0 Å². The molecular formula is C24H29F2N5O. The van der Waals surface area contributed by atoms with E-state index in [2.05, 4.69) is 27.6 Å². The molecule has 2 aromatic heterocycles. The summed E-state index contributed by atoms with van der Waals surface area (Å²) in [7, 11) is 0. The standard InChI is InChI=1S/C24H29F2N5O/c1-3-31-23-18(14-29-31)22(30-15(2)17-7-5-4-6-8-17)19(13-27-23)24(32)28-12-16-9-10-20(25)21(26)11-16/h9-11,13-15,17H,3-8,12H2,1-2H3,(H,27,30)(H,28,32). The maximum Gasteiger partial charge on any atom is 0.255 e. The number of hydrogen-bond acceptors (Lipinski definition) is 4. The summed E-state index contributed by atoms with van der Waals surface area (Å²) in [5.74, 6) is -1.63. The molecule has 0 aliphatic heterocycles. The molecule has 1 aliphatic carbocycles. The molecule has 6 nitrogen and oxygen atoms in total. The maximum absolute atomic E-state index is 13.5. The number of pyridine rings is 1. The van der Waals surface area contributed by atoms with E-state index in [1.807, 2.05) is 6.92 Å². The number of carbonyl (C=O) groups is 1. The molecule has 0 bridgehead atoms. The fraction of sp³-hybridized carbons (Fsp3) is 0.458. The first kappa shape index (κ1) is 22.2. The van der Waals surface area contributed by atoms with E-state index in [0.29, 0.717) is 23.6 Å². The number of nitrogens with zero attached hydrogens (tertiary/aromatic N) is 3. The second-order valence-electron chi connectivity index (χ2n) is 8.51. The zero-order valence-electron chi connectivity index (χ0n) is 18.5. The summed E-state index contributed by atoms with van der Waals surface area (Å²) in [5, 5.41) is 11.6. The smallest absolute Gasteiger partial charge is 0.255 e. The lowest BCUT2D eigenvalue weighted by Crippen LogP contribution is -2.30. The van der Waals surface area contributed by atoms with Crippen LogP contribution in [0.15, 0.2) is 30.6 Å². The SMILES string of the molecule is CCn1ncc2c(NC(C)C3CCCCC3)c(C(=O)NCc3ccc(F)c(F)c3)cnc21. The second kappa shape index (κ2) is 9.63. The summed E-state index contributed by atoms with van der Waals surface area (Å²) >= 11 is 0. The van der Waals surface area contributed by atoms with Gasteiger partial charge in [0.05, 0.1) is 22.8 Å². The molecule has 1 amide bonds. The third kappa shape index (κ3) is 4.59. The van der Waals surface area contributed by atoms with Gasteiger partial charge in [0.1, 0.15) is 0 Å². The minimum atomic E-state index is -0.935. The molecule has 0 saturated heterocycles. The van der Waals surface area contributed by atoms with Crippen LogP contribution in [0.5, 0.6) is 0 Å². The van der Waals surface area contributed by atoms with Crippen molar-refractivity contribution in [1.29, 1.82) is 0 Å². The van der Waals surface area contributed by atoms with Crippen LogP contribution in [0.25, 0.3) is 11.0 Å². The average Bonchev–Trinajstić information content (AvgIpc) is 3.24. The molecule has 1 saturated carbocycles. The van der Waals surface area contributed by atoms with Gasteiger partial charge in [-0.2, -0.15) is 5.10 Å². The molecular weight excluding hydrogens is 412 g/mol. The summed E-state index contributed by atoms with van der Waals surface area (Å²) in [6.07, 6.45) is 9.41. The van der Waals surface area contributed by atoms with Crippen molar-refractivity contribution in [1.82, 2.24) is 20.1 Å². The molecule has 1 aromatic carbocycles. The number of anilines is 1. The topological polar surface area (TPSA) is 71.8 Å². The summed E-state index contributed by atoms with van der Waals surface area (Å²) in [6.45, 7) is 4.92. The minimum Gasteiger partial charge on any atom is -0.381 e. The zero-order chi connectivity index (χ0) is 22.7. The first-order valence-electron chi connectivity index (χ1n) is 11.3. The van der Waals surface area contributed by atoms with Gasteiger partial charge in [-0.1, -0.05) is 25.3 Å². The van der Waals surface area contributed by atoms with Crippen molar-refractivity contribution in [2.24, 2.45) is 5.92 Å². The van der Waals surface area contributed by atoms with Gasteiger partial charge in [0.15, 0.2) is 17.3 Å². The quantitative estimate of drug-likeness (QED) is 0.539. The Morgan fingerprint density at radius 1 is 1.19 bits per heavy atom. The van der Waals surface area contributed by atoms with Crippen molar-refractivity contribution in [2.45, 2.75) is 65.1 Å². The van der Waals surface area contributed by atoms with Gasteiger partial charge in [-0.25, -0.2) is 18.4 Å². The van der Waals surface area contributed by atoms with Gasteiger partial charge in [-0.3, -0.25) is 4.79 Å². The highest BCUT2D eigenvalue weighted by atomic mass is 19.2. The van der Waals surface area contributed by atoms with Crippen LogP contribution < -0.4 is 10.6 Å². The molecule has 2 heterocycles. The predicted octanol–water partition coefficient (Wildman–Crippen LogP) is 5.04. The van der Waals surface area contributed by atoms with E-state index in [9.17, 15) is 13.6 Å². The molecule has 1 fully saturated rings. The Labute approximate surface area is 186 Å². The summed E-state index contributed by atoms with van der Waals surface area (Å²) in [5.41, 5.74) is 2.34. The summed E-state index contributed by atoms with van der Waals surface area (Å²) in [6, 6.07) is 3.80. The molecule has 1 aliphatic rings. The molecule has 0 radical (unpaired) electrons. The van der Waals surface area contributed by atoms with Gasteiger partial charge in [0.25, 0.3) is 5.91 Å². The predicted molar refractivity (Wildman–Crippen MR) is 120 cm³/mol. The highest BCUT2D eigenvalue weighted by molar-refractivity contribution is 6.06. The van der Waals surface area contributed by atoms with Gasteiger partial charge in [0, 0.05) is 25.3 Å². The fourth-order valence-electron chi connectivity index (χ4n) is 4.49. The number of fused-ring (bicyclic) bond motifs is 1. The first-order chi connectivity index (χ1) is 15.5. The molecule has 32 heavy (non-hydrogen) atoms. The maximum atomic E-state index is 13.5. The van der Waals surface area contributed by atoms with Crippen LogP contribution in [-0.4, -0.2) is 26.7 Å². The fourth-order valence-corrected chi connectivity index (χ4v) is 4.49. The number of carbonyl (C=O) groups excluding carboxylic acids is 1. The van der Waals surface area contributed by atoms with E-state index in [1.165, 1.54) is 38.2 Å². The first-order valence-corrected chi connectivity index (χ1v) is 11.3. The van der Waals surface area contributed by atoms with Crippen molar-refractivity contribution >= 4 is 22.6 Å². The number of benzene rings is 1.